The van der Waals surface area contributed by atoms with Crippen molar-refractivity contribution in [3.63, 3.8) is 0 Å². The minimum atomic E-state index is 0.114. The van der Waals surface area contributed by atoms with Gasteiger partial charge in [0.2, 0.25) is 0 Å². The molecule has 114 valence electrons. The van der Waals surface area contributed by atoms with Crippen molar-refractivity contribution in [2.75, 3.05) is 11.9 Å². The van der Waals surface area contributed by atoms with Crippen LogP contribution < -0.4 is 10.1 Å². The first-order valence-corrected chi connectivity index (χ1v) is 8.14. The standard InChI is InChI=1S/C17H24N2OS/c1-6-20-15-9-12(2)7-8-14(15)18-10-13-11-19-16(21-13)17(3,4)5/h7-9,11,18H,6,10H2,1-5H3. The Morgan fingerprint density at radius 2 is 2.05 bits per heavy atom. The van der Waals surface area contributed by atoms with E-state index in [0.29, 0.717) is 6.61 Å². The maximum Gasteiger partial charge on any atom is 0.142 e. The second-order valence-electron chi connectivity index (χ2n) is 6.17. The number of ether oxygens (including phenoxy) is 1. The van der Waals surface area contributed by atoms with Crippen LogP contribution in [-0.2, 0) is 12.0 Å². The second-order valence-corrected chi connectivity index (χ2v) is 7.28. The van der Waals surface area contributed by atoms with Gasteiger partial charge in [0.15, 0.2) is 0 Å². The monoisotopic (exact) mass is 304 g/mol. The van der Waals surface area contributed by atoms with E-state index in [1.165, 1.54) is 15.4 Å². The average molecular weight is 304 g/mol. The molecule has 1 N–H and O–H groups in total. The maximum atomic E-state index is 5.69. The van der Waals surface area contributed by atoms with Gasteiger partial charge in [-0.2, -0.15) is 0 Å². The normalized spacial score (nSPS) is 11.5. The van der Waals surface area contributed by atoms with E-state index in [4.69, 9.17) is 4.74 Å². The molecule has 0 saturated heterocycles. The summed E-state index contributed by atoms with van der Waals surface area (Å²) in [5, 5.41) is 4.63. The largest absolute Gasteiger partial charge is 0.492 e. The van der Waals surface area contributed by atoms with Crippen molar-refractivity contribution in [3.8, 4) is 5.75 Å². The van der Waals surface area contributed by atoms with Gasteiger partial charge in [0.25, 0.3) is 0 Å². The molecule has 0 amide bonds. The first kappa shape index (κ1) is 15.8. The zero-order chi connectivity index (χ0) is 15.5. The van der Waals surface area contributed by atoms with Crippen LogP contribution in [0.25, 0.3) is 0 Å². The van der Waals surface area contributed by atoms with E-state index in [9.17, 15) is 0 Å². The predicted molar refractivity (Wildman–Crippen MR) is 90.5 cm³/mol. The minimum Gasteiger partial charge on any atom is -0.492 e. The Hall–Kier alpha value is -1.55. The van der Waals surface area contributed by atoms with Gasteiger partial charge < -0.3 is 10.1 Å². The third-order valence-electron chi connectivity index (χ3n) is 3.09. The lowest BCUT2D eigenvalue weighted by Crippen LogP contribution is -2.09. The summed E-state index contributed by atoms with van der Waals surface area (Å²) in [5.41, 5.74) is 2.36. The first-order chi connectivity index (χ1) is 9.90. The van der Waals surface area contributed by atoms with Crippen molar-refractivity contribution in [1.29, 1.82) is 0 Å². The lowest BCUT2D eigenvalue weighted by Gasteiger charge is -2.14. The number of nitrogens with one attached hydrogen (secondary N) is 1. The molecule has 0 bridgehead atoms. The minimum absolute atomic E-state index is 0.114. The molecule has 1 heterocycles. The lowest BCUT2D eigenvalue weighted by molar-refractivity contribution is 0.341. The molecule has 2 rings (SSSR count). The van der Waals surface area contributed by atoms with Gasteiger partial charge in [0, 0.05) is 16.5 Å². The topological polar surface area (TPSA) is 34.1 Å². The Morgan fingerprint density at radius 3 is 2.67 bits per heavy atom. The summed E-state index contributed by atoms with van der Waals surface area (Å²) in [7, 11) is 0. The molecule has 3 nitrogen and oxygen atoms in total. The average Bonchev–Trinajstić information content (AvgIpc) is 2.87. The van der Waals surface area contributed by atoms with E-state index in [1.54, 1.807) is 11.3 Å². The Morgan fingerprint density at radius 1 is 1.29 bits per heavy atom. The van der Waals surface area contributed by atoms with Crippen molar-refractivity contribution in [3.05, 3.63) is 39.8 Å². The Balaban J connectivity index is 2.08. The SMILES string of the molecule is CCOc1cc(C)ccc1NCc1cnc(C(C)(C)C)s1. The van der Waals surface area contributed by atoms with Crippen LogP contribution in [0.5, 0.6) is 5.75 Å². The number of hydrogen-bond acceptors (Lipinski definition) is 4. The summed E-state index contributed by atoms with van der Waals surface area (Å²) in [6.07, 6.45) is 1.97. The highest BCUT2D eigenvalue weighted by atomic mass is 32.1. The molecule has 0 fully saturated rings. The van der Waals surface area contributed by atoms with E-state index in [0.717, 1.165) is 18.0 Å². The van der Waals surface area contributed by atoms with E-state index < -0.39 is 0 Å². The Bertz CT molecular complexity index is 599. The van der Waals surface area contributed by atoms with Crippen LogP contribution in [0.4, 0.5) is 5.69 Å². The molecule has 0 aliphatic heterocycles. The second kappa shape index (κ2) is 6.48. The molecule has 0 spiro atoms. The van der Waals surface area contributed by atoms with Crippen LogP contribution in [0.1, 0.15) is 43.1 Å². The summed E-state index contributed by atoms with van der Waals surface area (Å²) >= 11 is 1.77. The summed E-state index contributed by atoms with van der Waals surface area (Å²) < 4.78 is 5.69. The Kier molecular flexibility index (Phi) is 4.88. The van der Waals surface area contributed by atoms with Crippen LogP contribution in [-0.4, -0.2) is 11.6 Å². The van der Waals surface area contributed by atoms with Crippen molar-refractivity contribution in [2.24, 2.45) is 0 Å². The van der Waals surface area contributed by atoms with Gasteiger partial charge in [-0.25, -0.2) is 4.98 Å². The van der Waals surface area contributed by atoms with Gasteiger partial charge >= 0.3 is 0 Å². The molecular weight excluding hydrogens is 280 g/mol. The molecule has 4 heteroatoms. The van der Waals surface area contributed by atoms with Crippen molar-refractivity contribution < 1.29 is 4.74 Å². The van der Waals surface area contributed by atoms with Crippen molar-refractivity contribution in [1.82, 2.24) is 4.98 Å². The van der Waals surface area contributed by atoms with Crippen molar-refractivity contribution >= 4 is 17.0 Å². The number of hydrogen-bond donors (Lipinski definition) is 1. The third-order valence-corrected chi connectivity index (χ3v) is 4.51. The van der Waals surface area contributed by atoms with Crippen LogP contribution in [0, 0.1) is 6.92 Å². The smallest absolute Gasteiger partial charge is 0.142 e. The molecule has 0 unspecified atom stereocenters. The van der Waals surface area contributed by atoms with E-state index in [-0.39, 0.29) is 5.41 Å². The zero-order valence-electron chi connectivity index (χ0n) is 13.5. The van der Waals surface area contributed by atoms with Crippen LogP contribution in [0.2, 0.25) is 0 Å². The molecular formula is C17H24N2OS. The lowest BCUT2D eigenvalue weighted by atomic mass is 9.98. The Labute approximate surface area is 131 Å². The highest BCUT2D eigenvalue weighted by molar-refractivity contribution is 7.11. The number of aromatic nitrogens is 1. The van der Waals surface area contributed by atoms with Gasteiger partial charge in [-0.15, -0.1) is 11.3 Å². The van der Waals surface area contributed by atoms with Crippen LogP contribution in [0.15, 0.2) is 24.4 Å². The summed E-state index contributed by atoms with van der Waals surface area (Å²) in [5.74, 6) is 0.915. The third kappa shape index (κ3) is 4.21. The van der Waals surface area contributed by atoms with E-state index >= 15 is 0 Å². The molecule has 0 saturated carbocycles. The number of thiazole rings is 1. The van der Waals surface area contributed by atoms with Crippen LogP contribution in [0.3, 0.4) is 0 Å². The number of anilines is 1. The molecule has 21 heavy (non-hydrogen) atoms. The fourth-order valence-corrected chi connectivity index (χ4v) is 2.88. The van der Waals surface area contributed by atoms with Gasteiger partial charge in [0.1, 0.15) is 5.75 Å². The fourth-order valence-electron chi connectivity index (χ4n) is 1.97. The van der Waals surface area contributed by atoms with Crippen molar-refractivity contribution in [2.45, 2.75) is 46.6 Å². The molecule has 0 aliphatic carbocycles. The quantitative estimate of drug-likeness (QED) is 0.864. The van der Waals surface area contributed by atoms with Gasteiger partial charge in [-0.3, -0.25) is 0 Å². The fraction of sp³-hybridized carbons (Fsp3) is 0.471. The highest BCUT2D eigenvalue weighted by Crippen LogP contribution is 2.29. The maximum absolute atomic E-state index is 5.69. The predicted octanol–water partition coefficient (Wildman–Crippen LogP) is 4.76. The van der Waals surface area contributed by atoms with E-state index in [1.807, 2.05) is 13.1 Å². The molecule has 1 aromatic heterocycles. The molecule has 0 atom stereocenters. The van der Waals surface area contributed by atoms with E-state index in [2.05, 4.69) is 56.2 Å². The molecule has 2 aromatic rings. The van der Waals surface area contributed by atoms with Gasteiger partial charge in [-0.1, -0.05) is 26.8 Å². The molecule has 1 aromatic carbocycles. The van der Waals surface area contributed by atoms with Gasteiger partial charge in [0.05, 0.1) is 23.8 Å². The first-order valence-electron chi connectivity index (χ1n) is 7.32. The summed E-state index contributed by atoms with van der Waals surface area (Å²) in [6, 6.07) is 6.24. The molecule has 0 radical (unpaired) electrons. The van der Waals surface area contributed by atoms with Gasteiger partial charge in [-0.05, 0) is 31.5 Å². The summed E-state index contributed by atoms with van der Waals surface area (Å²) in [6.45, 7) is 12.1. The number of aryl methyl sites for hydroxylation is 1. The number of nitrogens with zero attached hydrogens (tertiary/aromatic N) is 1. The molecule has 0 aliphatic rings. The number of benzene rings is 1. The number of rotatable bonds is 5. The summed E-state index contributed by atoms with van der Waals surface area (Å²) in [4.78, 5) is 5.76. The highest BCUT2D eigenvalue weighted by Gasteiger charge is 2.17. The van der Waals surface area contributed by atoms with Crippen LogP contribution >= 0.6 is 11.3 Å². The zero-order valence-corrected chi connectivity index (χ0v) is 14.3.